The minimum absolute atomic E-state index is 0.216. The van der Waals surface area contributed by atoms with Crippen LogP contribution in [0.15, 0.2) is 15.2 Å². The first-order valence-electron chi connectivity index (χ1n) is 4.64. The Bertz CT molecular complexity index is 316. The van der Waals surface area contributed by atoms with Gasteiger partial charge in [-0.15, -0.1) is 0 Å². The number of thiophene rings is 1. The van der Waals surface area contributed by atoms with Crippen molar-refractivity contribution in [3.8, 4) is 0 Å². The maximum absolute atomic E-state index is 10.5. The molecule has 2 nitrogen and oxygen atoms in total. The molecule has 0 amide bonds. The Hall–Kier alpha value is 0.1000. The first-order valence-corrected chi connectivity index (χ1v) is 6.38. The van der Waals surface area contributed by atoms with Gasteiger partial charge in [0.2, 0.25) is 0 Å². The fourth-order valence-electron chi connectivity index (χ4n) is 1.84. The van der Waals surface area contributed by atoms with Crippen LogP contribution in [-0.2, 0) is 10.3 Å². The quantitative estimate of drug-likeness (QED) is 0.900. The maximum atomic E-state index is 10.5. The molecule has 1 aromatic rings. The smallest absolute Gasteiger partial charge is 0.0938 e. The molecule has 0 saturated carbocycles. The molecule has 2 unspecified atom stereocenters. The largest absolute Gasteiger partial charge is 0.385 e. The molecule has 1 fully saturated rings. The van der Waals surface area contributed by atoms with Crippen molar-refractivity contribution in [3.05, 3.63) is 20.8 Å². The van der Waals surface area contributed by atoms with Crippen molar-refractivity contribution in [3.63, 3.8) is 0 Å². The first kappa shape index (κ1) is 10.6. The Morgan fingerprint density at radius 3 is 2.93 bits per heavy atom. The fraction of sp³-hybridized carbons (Fsp3) is 0.600. The standard InChI is InChI=1S/C10H13BrO2S/c1-10(12,7-2-3-13-4-7)8-5-14-6-9(8)11/h5-7,12H,2-4H2,1H3. The van der Waals surface area contributed by atoms with Gasteiger partial charge in [0, 0.05) is 27.9 Å². The van der Waals surface area contributed by atoms with Crippen LogP contribution in [0.3, 0.4) is 0 Å². The van der Waals surface area contributed by atoms with E-state index < -0.39 is 5.60 Å². The second-order valence-corrected chi connectivity index (χ2v) is 5.44. The average Bonchev–Trinajstić information content (AvgIpc) is 2.72. The zero-order valence-corrected chi connectivity index (χ0v) is 10.4. The molecule has 1 aliphatic rings. The summed E-state index contributed by atoms with van der Waals surface area (Å²) in [6, 6.07) is 0. The molecular formula is C10H13BrO2S. The molecular weight excluding hydrogens is 264 g/mol. The highest BCUT2D eigenvalue weighted by molar-refractivity contribution is 9.10. The van der Waals surface area contributed by atoms with E-state index in [0.717, 1.165) is 23.1 Å². The second-order valence-electron chi connectivity index (χ2n) is 3.84. The molecule has 0 aromatic carbocycles. The number of hydrogen-bond donors (Lipinski definition) is 1. The average molecular weight is 277 g/mol. The summed E-state index contributed by atoms with van der Waals surface area (Å²) in [6.45, 7) is 3.30. The van der Waals surface area contributed by atoms with Gasteiger partial charge in [-0.3, -0.25) is 0 Å². The lowest BCUT2D eigenvalue weighted by Crippen LogP contribution is -2.32. The highest BCUT2D eigenvalue weighted by Gasteiger charge is 2.37. The van der Waals surface area contributed by atoms with Gasteiger partial charge in [-0.05, 0) is 34.7 Å². The van der Waals surface area contributed by atoms with E-state index in [-0.39, 0.29) is 5.92 Å². The Kier molecular flexibility index (Phi) is 2.98. The predicted molar refractivity (Wildman–Crippen MR) is 60.5 cm³/mol. The molecule has 0 spiro atoms. The lowest BCUT2D eigenvalue weighted by atomic mass is 9.84. The van der Waals surface area contributed by atoms with E-state index in [2.05, 4.69) is 15.9 Å². The van der Waals surface area contributed by atoms with Gasteiger partial charge in [-0.25, -0.2) is 0 Å². The zero-order valence-electron chi connectivity index (χ0n) is 8.00. The molecule has 1 aromatic heterocycles. The topological polar surface area (TPSA) is 29.5 Å². The third-order valence-corrected chi connectivity index (χ3v) is 4.59. The molecule has 1 saturated heterocycles. The number of aliphatic hydroxyl groups is 1. The normalized spacial score (nSPS) is 26.4. The van der Waals surface area contributed by atoms with Crippen LogP contribution in [0.25, 0.3) is 0 Å². The summed E-state index contributed by atoms with van der Waals surface area (Å²) >= 11 is 5.06. The second kappa shape index (κ2) is 3.93. The van der Waals surface area contributed by atoms with Crippen LogP contribution in [0.2, 0.25) is 0 Å². The van der Waals surface area contributed by atoms with Gasteiger partial charge in [0.15, 0.2) is 0 Å². The van der Waals surface area contributed by atoms with Gasteiger partial charge in [0.25, 0.3) is 0 Å². The molecule has 2 atom stereocenters. The van der Waals surface area contributed by atoms with Crippen molar-refractivity contribution in [1.29, 1.82) is 0 Å². The van der Waals surface area contributed by atoms with Crippen LogP contribution in [0.5, 0.6) is 0 Å². The van der Waals surface area contributed by atoms with Crippen LogP contribution in [0.4, 0.5) is 0 Å². The van der Waals surface area contributed by atoms with Crippen molar-refractivity contribution in [1.82, 2.24) is 0 Å². The Balaban J connectivity index is 2.26. The number of hydrogen-bond acceptors (Lipinski definition) is 3. The molecule has 1 N–H and O–H groups in total. The van der Waals surface area contributed by atoms with Crippen LogP contribution in [-0.4, -0.2) is 18.3 Å². The van der Waals surface area contributed by atoms with E-state index in [9.17, 15) is 5.11 Å². The molecule has 0 bridgehead atoms. The number of rotatable bonds is 2. The highest BCUT2D eigenvalue weighted by atomic mass is 79.9. The molecule has 14 heavy (non-hydrogen) atoms. The van der Waals surface area contributed by atoms with Crippen LogP contribution >= 0.6 is 27.3 Å². The van der Waals surface area contributed by atoms with E-state index in [1.54, 1.807) is 11.3 Å². The van der Waals surface area contributed by atoms with Crippen LogP contribution < -0.4 is 0 Å². The molecule has 1 aliphatic heterocycles. The van der Waals surface area contributed by atoms with Crippen LogP contribution in [0, 0.1) is 5.92 Å². The Labute approximate surface area is 96.0 Å². The Morgan fingerprint density at radius 2 is 2.43 bits per heavy atom. The van der Waals surface area contributed by atoms with Crippen molar-refractivity contribution in [2.45, 2.75) is 18.9 Å². The summed E-state index contributed by atoms with van der Waals surface area (Å²) in [4.78, 5) is 0. The van der Waals surface area contributed by atoms with E-state index in [4.69, 9.17) is 4.74 Å². The molecule has 0 radical (unpaired) electrons. The fourth-order valence-corrected chi connectivity index (χ4v) is 3.65. The zero-order chi connectivity index (χ0) is 10.2. The summed E-state index contributed by atoms with van der Waals surface area (Å²) in [5.74, 6) is 0.216. The molecule has 2 heterocycles. The number of halogens is 1. The predicted octanol–water partition coefficient (Wildman–Crippen LogP) is 2.75. The summed E-state index contributed by atoms with van der Waals surface area (Å²) in [7, 11) is 0. The maximum Gasteiger partial charge on any atom is 0.0938 e. The lowest BCUT2D eigenvalue weighted by Gasteiger charge is -2.29. The monoisotopic (exact) mass is 276 g/mol. The van der Waals surface area contributed by atoms with E-state index in [1.807, 2.05) is 17.7 Å². The van der Waals surface area contributed by atoms with E-state index in [1.165, 1.54) is 0 Å². The van der Waals surface area contributed by atoms with Gasteiger partial charge in [-0.1, -0.05) is 0 Å². The summed E-state index contributed by atoms with van der Waals surface area (Å²) in [5.41, 5.74) is 0.216. The number of ether oxygens (including phenoxy) is 1. The minimum atomic E-state index is -0.769. The third kappa shape index (κ3) is 1.76. The van der Waals surface area contributed by atoms with Crippen molar-refractivity contribution in [2.24, 2.45) is 5.92 Å². The molecule has 78 valence electrons. The van der Waals surface area contributed by atoms with E-state index in [0.29, 0.717) is 6.61 Å². The molecule has 0 aliphatic carbocycles. The lowest BCUT2D eigenvalue weighted by molar-refractivity contribution is -0.00993. The first-order chi connectivity index (χ1) is 6.62. The Morgan fingerprint density at radius 1 is 1.64 bits per heavy atom. The molecule has 4 heteroatoms. The van der Waals surface area contributed by atoms with Gasteiger partial charge in [-0.2, -0.15) is 11.3 Å². The minimum Gasteiger partial charge on any atom is -0.385 e. The van der Waals surface area contributed by atoms with Crippen molar-refractivity contribution < 1.29 is 9.84 Å². The van der Waals surface area contributed by atoms with Gasteiger partial charge >= 0.3 is 0 Å². The summed E-state index contributed by atoms with van der Waals surface area (Å²) in [6.07, 6.45) is 0.940. The van der Waals surface area contributed by atoms with Crippen molar-refractivity contribution >= 4 is 27.3 Å². The van der Waals surface area contributed by atoms with E-state index >= 15 is 0 Å². The van der Waals surface area contributed by atoms with Gasteiger partial charge < -0.3 is 9.84 Å². The molecule has 2 rings (SSSR count). The van der Waals surface area contributed by atoms with Gasteiger partial charge in [0.05, 0.1) is 12.2 Å². The van der Waals surface area contributed by atoms with Crippen molar-refractivity contribution in [2.75, 3.05) is 13.2 Å². The van der Waals surface area contributed by atoms with Gasteiger partial charge in [0.1, 0.15) is 0 Å². The van der Waals surface area contributed by atoms with Crippen LogP contribution in [0.1, 0.15) is 18.9 Å². The SMILES string of the molecule is CC(O)(c1cscc1Br)C1CCOC1. The summed E-state index contributed by atoms with van der Waals surface area (Å²) in [5, 5.41) is 14.5. The highest BCUT2D eigenvalue weighted by Crippen LogP contribution is 2.39. The summed E-state index contributed by atoms with van der Waals surface area (Å²) < 4.78 is 6.31. The third-order valence-electron chi connectivity index (χ3n) is 2.88.